The number of halogens is 1. The molecule has 0 aliphatic heterocycles. The van der Waals surface area contributed by atoms with Crippen LogP contribution in [0.5, 0.6) is 0 Å². The molecule has 3 N–H and O–H groups in total. The number of nitrogens with two attached hydrogens (primary N) is 1. The van der Waals surface area contributed by atoms with Crippen LogP contribution in [0.15, 0.2) is 24.3 Å². The van der Waals surface area contributed by atoms with E-state index in [1.54, 1.807) is 0 Å². The smallest absolute Gasteiger partial charge is 0.224 e. The molecule has 3 nitrogen and oxygen atoms in total. The Bertz CT molecular complexity index is 393. The number of hydrogen-bond acceptors (Lipinski definition) is 2. The number of rotatable bonds is 11. The van der Waals surface area contributed by atoms with Gasteiger partial charge in [-0.25, -0.2) is 0 Å². The highest BCUT2D eigenvalue weighted by Gasteiger charge is 2.01. The van der Waals surface area contributed by atoms with Crippen molar-refractivity contribution in [2.75, 3.05) is 11.9 Å². The highest BCUT2D eigenvalue weighted by molar-refractivity contribution is 5.90. The van der Waals surface area contributed by atoms with Gasteiger partial charge in [0.2, 0.25) is 5.91 Å². The molecule has 0 saturated heterocycles. The van der Waals surface area contributed by atoms with Crippen molar-refractivity contribution in [1.82, 2.24) is 0 Å². The highest BCUT2D eigenvalue weighted by atomic mass is 35.5. The van der Waals surface area contributed by atoms with Gasteiger partial charge in [-0.15, -0.1) is 12.4 Å². The largest absolute Gasteiger partial charge is 0.330 e. The van der Waals surface area contributed by atoms with E-state index in [4.69, 9.17) is 5.73 Å². The summed E-state index contributed by atoms with van der Waals surface area (Å²) in [6, 6.07) is 8.22. The standard InChI is InChI=1S/C18H30N2O.ClH/c1-2-3-4-5-6-7-9-16-11-13-17(14-12-16)20-18(21)10-8-15-19;/h11-14H,2-10,15,19H2,1H3,(H,20,21);1H. The van der Waals surface area contributed by atoms with Gasteiger partial charge >= 0.3 is 0 Å². The molecule has 1 amide bonds. The Kier molecular flexibility index (Phi) is 12.9. The summed E-state index contributed by atoms with van der Waals surface area (Å²) >= 11 is 0. The Hall–Kier alpha value is -1.06. The molecule has 0 bridgehead atoms. The van der Waals surface area contributed by atoms with Gasteiger partial charge in [-0.1, -0.05) is 51.2 Å². The van der Waals surface area contributed by atoms with E-state index in [1.165, 1.54) is 44.1 Å². The van der Waals surface area contributed by atoms with Gasteiger partial charge in [0.25, 0.3) is 0 Å². The number of anilines is 1. The lowest BCUT2D eigenvalue weighted by Crippen LogP contribution is -2.13. The molecule has 1 aromatic rings. The predicted octanol–water partition coefficient (Wildman–Crippen LogP) is 4.69. The zero-order chi connectivity index (χ0) is 15.3. The van der Waals surface area contributed by atoms with Crippen LogP contribution in [0.1, 0.15) is 63.9 Å². The van der Waals surface area contributed by atoms with E-state index in [0.29, 0.717) is 13.0 Å². The van der Waals surface area contributed by atoms with Crippen molar-refractivity contribution in [3.63, 3.8) is 0 Å². The minimum atomic E-state index is 0. The van der Waals surface area contributed by atoms with E-state index in [0.717, 1.165) is 18.5 Å². The van der Waals surface area contributed by atoms with Gasteiger partial charge in [0.1, 0.15) is 0 Å². The van der Waals surface area contributed by atoms with Gasteiger partial charge < -0.3 is 11.1 Å². The topological polar surface area (TPSA) is 55.1 Å². The number of unbranched alkanes of at least 4 members (excludes halogenated alkanes) is 5. The van der Waals surface area contributed by atoms with Crippen LogP contribution in [0.4, 0.5) is 5.69 Å². The third kappa shape index (κ3) is 9.80. The Balaban J connectivity index is 0.00000441. The Morgan fingerprint density at radius 3 is 2.27 bits per heavy atom. The van der Waals surface area contributed by atoms with Gasteiger partial charge in [0, 0.05) is 12.1 Å². The van der Waals surface area contributed by atoms with Crippen molar-refractivity contribution in [2.45, 2.75) is 64.7 Å². The monoisotopic (exact) mass is 326 g/mol. The first-order valence-electron chi connectivity index (χ1n) is 8.35. The average molecular weight is 327 g/mol. The van der Waals surface area contributed by atoms with Crippen LogP contribution in [0, 0.1) is 0 Å². The maximum Gasteiger partial charge on any atom is 0.224 e. The van der Waals surface area contributed by atoms with Crippen molar-refractivity contribution in [1.29, 1.82) is 0 Å². The van der Waals surface area contributed by atoms with E-state index >= 15 is 0 Å². The fourth-order valence-corrected chi connectivity index (χ4v) is 2.35. The van der Waals surface area contributed by atoms with E-state index < -0.39 is 0 Å². The molecular weight excluding hydrogens is 296 g/mol. The molecule has 0 unspecified atom stereocenters. The molecule has 0 atom stereocenters. The summed E-state index contributed by atoms with van der Waals surface area (Å²) in [7, 11) is 0. The summed E-state index contributed by atoms with van der Waals surface area (Å²) in [6.07, 6.45) is 10.3. The van der Waals surface area contributed by atoms with E-state index in [1.807, 2.05) is 12.1 Å². The van der Waals surface area contributed by atoms with Gasteiger partial charge in [-0.3, -0.25) is 4.79 Å². The molecule has 0 saturated carbocycles. The number of aryl methyl sites for hydroxylation is 1. The van der Waals surface area contributed by atoms with Gasteiger partial charge in [0.15, 0.2) is 0 Å². The molecule has 4 heteroatoms. The predicted molar refractivity (Wildman–Crippen MR) is 97.7 cm³/mol. The second kappa shape index (κ2) is 13.6. The molecule has 0 aromatic heterocycles. The Labute approximate surface area is 141 Å². The second-order valence-electron chi connectivity index (χ2n) is 5.66. The zero-order valence-corrected chi connectivity index (χ0v) is 14.6. The summed E-state index contributed by atoms with van der Waals surface area (Å²) in [6.45, 7) is 2.81. The number of benzene rings is 1. The molecule has 22 heavy (non-hydrogen) atoms. The molecule has 0 aliphatic rings. The lowest BCUT2D eigenvalue weighted by atomic mass is 10.0. The molecule has 0 fully saturated rings. The fraction of sp³-hybridized carbons (Fsp3) is 0.611. The van der Waals surface area contributed by atoms with Crippen molar-refractivity contribution < 1.29 is 4.79 Å². The summed E-state index contributed by atoms with van der Waals surface area (Å²) in [4.78, 5) is 11.6. The number of hydrogen-bond donors (Lipinski definition) is 2. The molecule has 0 heterocycles. The molecule has 1 rings (SSSR count). The van der Waals surface area contributed by atoms with Crippen molar-refractivity contribution in [3.05, 3.63) is 29.8 Å². The maximum atomic E-state index is 11.6. The van der Waals surface area contributed by atoms with E-state index in [-0.39, 0.29) is 18.3 Å². The number of amides is 1. The average Bonchev–Trinajstić information content (AvgIpc) is 2.50. The molecular formula is C18H31ClN2O. The fourth-order valence-electron chi connectivity index (χ4n) is 2.35. The number of carbonyl (C=O) groups is 1. The first-order valence-corrected chi connectivity index (χ1v) is 8.35. The van der Waals surface area contributed by atoms with Crippen LogP contribution in [0.3, 0.4) is 0 Å². The second-order valence-corrected chi connectivity index (χ2v) is 5.66. The zero-order valence-electron chi connectivity index (χ0n) is 13.8. The molecule has 0 aliphatic carbocycles. The highest BCUT2D eigenvalue weighted by Crippen LogP contribution is 2.13. The maximum absolute atomic E-state index is 11.6. The SMILES string of the molecule is CCCCCCCCc1ccc(NC(=O)CCCN)cc1.Cl. The van der Waals surface area contributed by atoms with Gasteiger partial charge in [0.05, 0.1) is 0 Å². The van der Waals surface area contributed by atoms with E-state index in [9.17, 15) is 4.79 Å². The number of nitrogens with one attached hydrogen (secondary N) is 1. The molecule has 0 spiro atoms. The Morgan fingerprint density at radius 2 is 1.64 bits per heavy atom. The Morgan fingerprint density at radius 1 is 1.00 bits per heavy atom. The summed E-state index contributed by atoms with van der Waals surface area (Å²) in [5.41, 5.74) is 7.63. The summed E-state index contributed by atoms with van der Waals surface area (Å²) < 4.78 is 0. The normalized spacial score (nSPS) is 10.1. The minimum absolute atomic E-state index is 0. The van der Waals surface area contributed by atoms with Crippen LogP contribution >= 0.6 is 12.4 Å². The summed E-state index contributed by atoms with van der Waals surface area (Å²) in [5.74, 6) is 0.0455. The van der Waals surface area contributed by atoms with Gasteiger partial charge in [-0.05, 0) is 43.5 Å². The third-order valence-corrected chi connectivity index (χ3v) is 3.66. The third-order valence-electron chi connectivity index (χ3n) is 3.66. The molecule has 1 aromatic carbocycles. The minimum Gasteiger partial charge on any atom is -0.330 e. The molecule has 0 radical (unpaired) electrons. The van der Waals surface area contributed by atoms with Crippen molar-refractivity contribution in [2.24, 2.45) is 5.73 Å². The van der Waals surface area contributed by atoms with E-state index in [2.05, 4.69) is 24.4 Å². The van der Waals surface area contributed by atoms with Crippen LogP contribution in [0.25, 0.3) is 0 Å². The van der Waals surface area contributed by atoms with Crippen molar-refractivity contribution >= 4 is 24.0 Å². The number of carbonyl (C=O) groups excluding carboxylic acids is 1. The van der Waals surface area contributed by atoms with Crippen LogP contribution in [0.2, 0.25) is 0 Å². The van der Waals surface area contributed by atoms with Gasteiger partial charge in [-0.2, -0.15) is 0 Å². The first-order chi connectivity index (χ1) is 10.3. The summed E-state index contributed by atoms with van der Waals surface area (Å²) in [5, 5.41) is 2.90. The lowest BCUT2D eigenvalue weighted by Gasteiger charge is -2.06. The van der Waals surface area contributed by atoms with Crippen molar-refractivity contribution in [3.8, 4) is 0 Å². The first kappa shape index (κ1) is 20.9. The van der Waals surface area contributed by atoms with Crippen LogP contribution < -0.4 is 11.1 Å². The lowest BCUT2D eigenvalue weighted by molar-refractivity contribution is -0.116. The molecule has 126 valence electrons. The quantitative estimate of drug-likeness (QED) is 0.580. The van der Waals surface area contributed by atoms with Crippen LogP contribution in [-0.2, 0) is 11.2 Å². The van der Waals surface area contributed by atoms with Crippen LogP contribution in [-0.4, -0.2) is 12.5 Å².